The minimum absolute atomic E-state index is 0.248. The Balaban J connectivity index is 1.71. The van der Waals surface area contributed by atoms with Gasteiger partial charge in [0.2, 0.25) is 5.95 Å². The molecule has 1 fully saturated rings. The molecule has 0 radical (unpaired) electrons. The lowest BCUT2D eigenvalue weighted by molar-refractivity contribution is 0.0601. The summed E-state index contributed by atoms with van der Waals surface area (Å²) in [7, 11) is 1.36. The maximum absolute atomic E-state index is 11.6. The molecule has 126 valence electrons. The number of nitrogens with one attached hydrogen (secondary N) is 1. The monoisotopic (exact) mass is 346 g/mol. The molecule has 7 heteroatoms. The van der Waals surface area contributed by atoms with E-state index in [9.17, 15) is 4.79 Å². The van der Waals surface area contributed by atoms with Gasteiger partial charge in [0.25, 0.3) is 0 Å². The molecule has 1 aliphatic rings. The van der Waals surface area contributed by atoms with Crippen molar-refractivity contribution >= 4 is 29.2 Å². The van der Waals surface area contributed by atoms with Crippen molar-refractivity contribution in [1.82, 2.24) is 9.97 Å². The average Bonchev–Trinajstić information content (AvgIpc) is 2.62. The van der Waals surface area contributed by atoms with Crippen LogP contribution >= 0.6 is 11.6 Å². The zero-order chi connectivity index (χ0) is 16.9. The maximum Gasteiger partial charge on any atom is 0.337 e. The topological polar surface area (TPSA) is 67.3 Å². The zero-order valence-corrected chi connectivity index (χ0v) is 14.2. The fourth-order valence-electron chi connectivity index (χ4n) is 2.88. The summed E-state index contributed by atoms with van der Waals surface area (Å²) in [5, 5.41) is 3.91. The van der Waals surface area contributed by atoms with Crippen molar-refractivity contribution < 1.29 is 9.53 Å². The van der Waals surface area contributed by atoms with Gasteiger partial charge in [0.15, 0.2) is 0 Å². The van der Waals surface area contributed by atoms with Gasteiger partial charge >= 0.3 is 5.97 Å². The largest absolute Gasteiger partial charge is 0.465 e. The number of halogens is 1. The standard InChI is InChI=1S/C17H19ClN4O2/c1-24-16(23)12-5-6-15(14(18)10-12)22-9-2-4-13(11-22)21-17-19-7-3-8-20-17/h3,5-8,10,13H,2,4,9,11H2,1H3,(H,19,20,21)/t13-/m0/s1. The van der Waals surface area contributed by atoms with E-state index >= 15 is 0 Å². The minimum atomic E-state index is -0.386. The fraction of sp³-hybridized carbons (Fsp3) is 0.353. The molecule has 0 unspecified atom stereocenters. The van der Waals surface area contributed by atoms with Crippen molar-refractivity contribution in [2.75, 3.05) is 30.4 Å². The number of hydrogen-bond acceptors (Lipinski definition) is 6. The van der Waals surface area contributed by atoms with Crippen molar-refractivity contribution in [3.63, 3.8) is 0 Å². The summed E-state index contributed by atoms with van der Waals surface area (Å²) in [4.78, 5) is 22.2. The number of methoxy groups -OCH3 is 1. The number of benzene rings is 1. The molecule has 0 spiro atoms. The summed E-state index contributed by atoms with van der Waals surface area (Å²) in [5.74, 6) is 0.249. The highest BCUT2D eigenvalue weighted by molar-refractivity contribution is 6.33. The molecule has 6 nitrogen and oxygen atoms in total. The number of anilines is 2. The van der Waals surface area contributed by atoms with Crippen LogP contribution in [0.2, 0.25) is 5.02 Å². The fourth-order valence-corrected chi connectivity index (χ4v) is 3.18. The number of esters is 1. The predicted octanol–water partition coefficient (Wildman–Crippen LogP) is 3.00. The zero-order valence-electron chi connectivity index (χ0n) is 13.4. The van der Waals surface area contributed by atoms with E-state index in [1.165, 1.54) is 7.11 Å². The second-order valence-electron chi connectivity index (χ2n) is 5.66. The molecular formula is C17H19ClN4O2. The lowest BCUT2D eigenvalue weighted by atomic mass is 10.0. The smallest absolute Gasteiger partial charge is 0.337 e. The van der Waals surface area contributed by atoms with Gasteiger partial charge in [-0.3, -0.25) is 0 Å². The van der Waals surface area contributed by atoms with E-state index in [2.05, 4.69) is 20.2 Å². The molecule has 1 aromatic carbocycles. The second kappa shape index (κ2) is 7.49. The minimum Gasteiger partial charge on any atom is -0.465 e. The van der Waals surface area contributed by atoms with Gasteiger partial charge in [-0.15, -0.1) is 0 Å². The highest BCUT2D eigenvalue weighted by Gasteiger charge is 2.22. The Morgan fingerprint density at radius 2 is 2.17 bits per heavy atom. The Kier molecular flexibility index (Phi) is 5.15. The van der Waals surface area contributed by atoms with E-state index in [4.69, 9.17) is 16.3 Å². The molecule has 1 saturated heterocycles. The van der Waals surface area contributed by atoms with Crippen LogP contribution < -0.4 is 10.2 Å². The molecule has 0 aliphatic carbocycles. The molecular weight excluding hydrogens is 328 g/mol. The third kappa shape index (κ3) is 3.76. The quantitative estimate of drug-likeness (QED) is 0.858. The van der Waals surface area contributed by atoms with Gasteiger partial charge in [0.1, 0.15) is 0 Å². The first-order chi connectivity index (χ1) is 11.7. The lowest BCUT2D eigenvalue weighted by Crippen LogP contribution is -2.42. The number of ether oxygens (including phenoxy) is 1. The van der Waals surface area contributed by atoms with E-state index < -0.39 is 0 Å². The van der Waals surface area contributed by atoms with Crippen LogP contribution in [-0.2, 0) is 4.74 Å². The molecule has 2 heterocycles. The second-order valence-corrected chi connectivity index (χ2v) is 6.07. The van der Waals surface area contributed by atoms with Crippen LogP contribution in [0.5, 0.6) is 0 Å². The molecule has 1 aromatic heterocycles. The summed E-state index contributed by atoms with van der Waals surface area (Å²) >= 11 is 6.38. The molecule has 0 amide bonds. The summed E-state index contributed by atoms with van der Waals surface area (Å²) in [5.41, 5.74) is 1.38. The first-order valence-corrected chi connectivity index (χ1v) is 8.21. The van der Waals surface area contributed by atoms with E-state index in [0.717, 1.165) is 31.6 Å². The number of rotatable bonds is 4. The molecule has 3 rings (SSSR count). The van der Waals surface area contributed by atoms with Crippen molar-refractivity contribution in [1.29, 1.82) is 0 Å². The van der Waals surface area contributed by atoms with Crippen LogP contribution in [0.25, 0.3) is 0 Å². The molecule has 2 aromatic rings. The number of piperidine rings is 1. The number of hydrogen-bond donors (Lipinski definition) is 1. The van der Waals surface area contributed by atoms with Crippen LogP contribution in [0.15, 0.2) is 36.7 Å². The Hall–Kier alpha value is -2.34. The van der Waals surface area contributed by atoms with Crippen LogP contribution in [0.3, 0.4) is 0 Å². The number of carbonyl (C=O) groups excluding carboxylic acids is 1. The third-order valence-corrected chi connectivity index (χ3v) is 4.33. The van der Waals surface area contributed by atoms with E-state index in [1.54, 1.807) is 30.6 Å². The molecule has 1 aliphatic heterocycles. The van der Waals surface area contributed by atoms with Crippen LogP contribution in [0.1, 0.15) is 23.2 Å². The van der Waals surface area contributed by atoms with Gasteiger partial charge in [-0.25, -0.2) is 14.8 Å². The van der Waals surface area contributed by atoms with Crippen molar-refractivity contribution in [3.05, 3.63) is 47.2 Å². The van der Waals surface area contributed by atoms with E-state index in [-0.39, 0.29) is 12.0 Å². The third-order valence-electron chi connectivity index (χ3n) is 4.03. The summed E-state index contributed by atoms with van der Waals surface area (Å²) in [6.45, 7) is 1.72. The van der Waals surface area contributed by atoms with Gasteiger partial charge in [-0.2, -0.15) is 0 Å². The van der Waals surface area contributed by atoms with Crippen molar-refractivity contribution in [2.24, 2.45) is 0 Å². The predicted molar refractivity (Wildman–Crippen MR) is 93.7 cm³/mol. The average molecular weight is 347 g/mol. The van der Waals surface area contributed by atoms with E-state index in [1.807, 2.05) is 6.07 Å². The van der Waals surface area contributed by atoms with Gasteiger partial charge in [-0.05, 0) is 37.1 Å². The number of nitrogens with zero attached hydrogens (tertiary/aromatic N) is 3. The Labute approximate surface area is 145 Å². The van der Waals surface area contributed by atoms with Crippen LogP contribution in [0.4, 0.5) is 11.6 Å². The maximum atomic E-state index is 11.6. The van der Waals surface area contributed by atoms with Gasteiger partial charge in [0, 0.05) is 31.5 Å². The van der Waals surface area contributed by atoms with Gasteiger partial charge in [0.05, 0.1) is 23.4 Å². The van der Waals surface area contributed by atoms with Gasteiger partial charge in [-0.1, -0.05) is 11.6 Å². The number of aromatic nitrogens is 2. The lowest BCUT2D eigenvalue weighted by Gasteiger charge is -2.35. The summed E-state index contributed by atoms with van der Waals surface area (Å²) in [6, 6.07) is 7.30. The Bertz CT molecular complexity index is 711. The summed E-state index contributed by atoms with van der Waals surface area (Å²) < 4.78 is 4.72. The van der Waals surface area contributed by atoms with Gasteiger partial charge < -0.3 is 15.0 Å². The molecule has 0 bridgehead atoms. The molecule has 24 heavy (non-hydrogen) atoms. The Morgan fingerprint density at radius 3 is 2.88 bits per heavy atom. The first-order valence-electron chi connectivity index (χ1n) is 7.84. The normalized spacial score (nSPS) is 17.4. The Morgan fingerprint density at radius 1 is 1.38 bits per heavy atom. The molecule has 1 atom stereocenters. The first kappa shape index (κ1) is 16.5. The molecule has 1 N–H and O–H groups in total. The van der Waals surface area contributed by atoms with Crippen molar-refractivity contribution in [3.8, 4) is 0 Å². The highest BCUT2D eigenvalue weighted by Crippen LogP contribution is 2.30. The molecule has 0 saturated carbocycles. The van der Waals surface area contributed by atoms with Crippen LogP contribution in [-0.4, -0.2) is 42.2 Å². The van der Waals surface area contributed by atoms with Crippen molar-refractivity contribution in [2.45, 2.75) is 18.9 Å². The van der Waals surface area contributed by atoms with Crippen LogP contribution in [0, 0.1) is 0 Å². The highest BCUT2D eigenvalue weighted by atomic mass is 35.5. The summed E-state index contributed by atoms with van der Waals surface area (Å²) in [6.07, 6.45) is 5.53. The SMILES string of the molecule is COC(=O)c1ccc(N2CCC[C@H](Nc3ncccn3)C2)c(Cl)c1. The number of carbonyl (C=O) groups is 1. The van der Waals surface area contributed by atoms with E-state index in [0.29, 0.717) is 16.5 Å².